The van der Waals surface area contributed by atoms with Crippen LogP contribution >= 0.6 is 0 Å². The zero-order valence-electron chi connectivity index (χ0n) is 37.2. The van der Waals surface area contributed by atoms with Crippen molar-refractivity contribution in [1.82, 2.24) is 0 Å². The predicted octanol–water partition coefficient (Wildman–Crippen LogP) is 18.9. The third-order valence-corrected chi connectivity index (χ3v) is 13.7. The molecule has 13 aromatic rings. The Kier molecular flexibility index (Phi) is 9.54. The van der Waals surface area contributed by atoms with Gasteiger partial charge in [0.1, 0.15) is 5.58 Å². The molecule has 2 nitrogen and oxygen atoms in total. The SMILES string of the molecule is c1ccc(-c2c(-c3ccccc3)c3cc(-c4ccccc4N(c4ccc(-c5ccc(-c6ccc7ccccc7c6)cc5)cc4)c4cccc5c4oc4ccccc45)ccc3c3ccccc23)cc1. The molecule has 1 aromatic heterocycles. The second-order valence-electron chi connectivity index (χ2n) is 17.6. The van der Waals surface area contributed by atoms with Crippen LogP contribution in [0.25, 0.3) is 110 Å². The van der Waals surface area contributed by atoms with E-state index in [4.69, 9.17) is 4.42 Å². The number of hydrogen-bond acceptors (Lipinski definition) is 2. The molecular formula is C66H43NO. The van der Waals surface area contributed by atoms with Gasteiger partial charge in [0.25, 0.3) is 0 Å². The van der Waals surface area contributed by atoms with Gasteiger partial charge in [0, 0.05) is 22.0 Å². The number of hydrogen-bond donors (Lipinski definition) is 0. The smallest absolute Gasteiger partial charge is 0.159 e. The Balaban J connectivity index is 0.982. The number of furan rings is 1. The standard InChI is InChI=1S/C66H43NO/c1-3-17-48(18-4-1)64-58-25-10-9-23-55(58)56-41-38-52(43-60(56)65(64)49-19-5-2-6-20-49)54-22-11-13-27-61(54)67(62-28-15-26-59-57-24-12-14-29-63(57)68-66(59)62)53-39-36-46(37-40-53)45-30-32-47(33-31-45)51-35-34-44-16-7-8-21-50(44)42-51/h1-43H. The van der Waals surface area contributed by atoms with Crippen molar-refractivity contribution in [2.24, 2.45) is 0 Å². The number of anilines is 3. The molecule has 0 saturated carbocycles. The van der Waals surface area contributed by atoms with Gasteiger partial charge in [-0.05, 0) is 125 Å². The molecule has 1 heterocycles. The van der Waals surface area contributed by atoms with Gasteiger partial charge in [0.2, 0.25) is 0 Å². The normalized spacial score (nSPS) is 11.5. The van der Waals surface area contributed by atoms with Crippen molar-refractivity contribution in [3.63, 3.8) is 0 Å². The zero-order chi connectivity index (χ0) is 45.0. The molecule has 0 aliphatic rings. The van der Waals surface area contributed by atoms with Crippen molar-refractivity contribution >= 4 is 71.3 Å². The van der Waals surface area contributed by atoms with Gasteiger partial charge in [-0.3, -0.25) is 0 Å². The number of para-hydroxylation sites is 3. The molecule has 12 aromatic carbocycles. The van der Waals surface area contributed by atoms with E-state index in [1.54, 1.807) is 0 Å². The molecule has 68 heavy (non-hydrogen) atoms. The molecular weight excluding hydrogens is 823 g/mol. The third-order valence-electron chi connectivity index (χ3n) is 13.7. The van der Waals surface area contributed by atoms with Gasteiger partial charge in [0.05, 0.1) is 11.4 Å². The minimum atomic E-state index is 0.848. The topological polar surface area (TPSA) is 16.4 Å². The van der Waals surface area contributed by atoms with Crippen LogP contribution in [0.4, 0.5) is 17.1 Å². The highest BCUT2D eigenvalue weighted by atomic mass is 16.3. The van der Waals surface area contributed by atoms with E-state index in [2.05, 4.69) is 260 Å². The van der Waals surface area contributed by atoms with Crippen molar-refractivity contribution < 1.29 is 4.42 Å². The highest BCUT2D eigenvalue weighted by Crippen LogP contribution is 2.49. The van der Waals surface area contributed by atoms with Crippen LogP contribution in [0.2, 0.25) is 0 Å². The lowest BCUT2D eigenvalue weighted by Gasteiger charge is -2.28. The summed E-state index contributed by atoms with van der Waals surface area (Å²) in [5.41, 5.74) is 16.6. The summed E-state index contributed by atoms with van der Waals surface area (Å²) in [4.78, 5) is 2.38. The lowest BCUT2D eigenvalue weighted by molar-refractivity contribution is 0.669. The highest BCUT2D eigenvalue weighted by Gasteiger charge is 2.24. The monoisotopic (exact) mass is 865 g/mol. The summed E-state index contributed by atoms with van der Waals surface area (Å²) in [5, 5.41) is 9.61. The van der Waals surface area contributed by atoms with Crippen molar-refractivity contribution in [3.8, 4) is 55.6 Å². The van der Waals surface area contributed by atoms with Crippen LogP contribution in [0.3, 0.4) is 0 Å². The van der Waals surface area contributed by atoms with E-state index in [1.165, 1.54) is 71.3 Å². The number of rotatable bonds is 8. The molecule has 13 rings (SSSR count). The third kappa shape index (κ3) is 6.73. The summed E-state index contributed by atoms with van der Waals surface area (Å²) in [7, 11) is 0. The van der Waals surface area contributed by atoms with Gasteiger partial charge in [-0.25, -0.2) is 0 Å². The summed E-state index contributed by atoms with van der Waals surface area (Å²) in [6.07, 6.45) is 0. The molecule has 318 valence electrons. The summed E-state index contributed by atoms with van der Waals surface area (Å²) in [5.74, 6) is 0. The zero-order valence-corrected chi connectivity index (χ0v) is 37.2. The first kappa shape index (κ1) is 39.4. The Morgan fingerprint density at radius 1 is 0.265 bits per heavy atom. The largest absolute Gasteiger partial charge is 0.454 e. The van der Waals surface area contributed by atoms with Crippen molar-refractivity contribution in [3.05, 3.63) is 261 Å². The number of benzene rings is 12. The van der Waals surface area contributed by atoms with Gasteiger partial charge in [-0.2, -0.15) is 0 Å². The van der Waals surface area contributed by atoms with Crippen molar-refractivity contribution in [1.29, 1.82) is 0 Å². The molecule has 0 fully saturated rings. The molecule has 0 atom stereocenters. The fourth-order valence-electron chi connectivity index (χ4n) is 10.4. The molecule has 0 amide bonds. The minimum Gasteiger partial charge on any atom is -0.454 e. The number of nitrogens with zero attached hydrogens (tertiary/aromatic N) is 1. The maximum Gasteiger partial charge on any atom is 0.159 e. The number of fused-ring (bicyclic) bond motifs is 7. The molecule has 0 aliphatic heterocycles. The molecule has 0 radical (unpaired) electrons. The van der Waals surface area contributed by atoms with Crippen LogP contribution in [-0.2, 0) is 0 Å². The van der Waals surface area contributed by atoms with Crippen molar-refractivity contribution in [2.75, 3.05) is 4.90 Å². The van der Waals surface area contributed by atoms with E-state index in [-0.39, 0.29) is 0 Å². The maximum atomic E-state index is 6.79. The summed E-state index contributed by atoms with van der Waals surface area (Å²) < 4.78 is 6.79. The minimum absolute atomic E-state index is 0.848. The fourth-order valence-corrected chi connectivity index (χ4v) is 10.4. The van der Waals surface area contributed by atoms with E-state index in [0.717, 1.165) is 55.7 Å². The van der Waals surface area contributed by atoms with Crippen LogP contribution in [0, 0.1) is 0 Å². The van der Waals surface area contributed by atoms with Crippen LogP contribution in [0.15, 0.2) is 265 Å². The molecule has 0 N–H and O–H groups in total. The molecule has 0 spiro atoms. The lowest BCUT2D eigenvalue weighted by Crippen LogP contribution is -2.11. The lowest BCUT2D eigenvalue weighted by atomic mass is 9.84. The molecule has 2 heteroatoms. The van der Waals surface area contributed by atoms with Crippen LogP contribution < -0.4 is 4.90 Å². The first-order chi connectivity index (χ1) is 33.7. The molecule has 0 aliphatic carbocycles. The Labute approximate surface area is 395 Å². The first-order valence-electron chi connectivity index (χ1n) is 23.3. The van der Waals surface area contributed by atoms with Crippen LogP contribution in [0.1, 0.15) is 0 Å². The maximum absolute atomic E-state index is 6.79. The van der Waals surface area contributed by atoms with E-state index >= 15 is 0 Å². The predicted molar refractivity (Wildman–Crippen MR) is 288 cm³/mol. The van der Waals surface area contributed by atoms with E-state index in [9.17, 15) is 0 Å². The molecule has 0 unspecified atom stereocenters. The van der Waals surface area contributed by atoms with Gasteiger partial charge >= 0.3 is 0 Å². The highest BCUT2D eigenvalue weighted by molar-refractivity contribution is 6.22. The average molecular weight is 866 g/mol. The van der Waals surface area contributed by atoms with Crippen LogP contribution in [0.5, 0.6) is 0 Å². The van der Waals surface area contributed by atoms with Gasteiger partial charge in [-0.1, -0.05) is 218 Å². The Morgan fingerprint density at radius 3 is 1.53 bits per heavy atom. The van der Waals surface area contributed by atoms with Crippen LogP contribution in [-0.4, -0.2) is 0 Å². The Bertz CT molecular complexity index is 4000. The van der Waals surface area contributed by atoms with E-state index in [1.807, 2.05) is 6.07 Å². The van der Waals surface area contributed by atoms with E-state index < -0.39 is 0 Å². The molecule has 0 saturated heterocycles. The molecule has 0 bridgehead atoms. The van der Waals surface area contributed by atoms with E-state index in [0.29, 0.717) is 0 Å². The van der Waals surface area contributed by atoms with Gasteiger partial charge in [-0.15, -0.1) is 0 Å². The van der Waals surface area contributed by atoms with Gasteiger partial charge < -0.3 is 9.32 Å². The Hall–Kier alpha value is -8.98. The quantitative estimate of drug-likeness (QED) is 0.142. The summed E-state index contributed by atoms with van der Waals surface area (Å²) in [6.45, 7) is 0. The second-order valence-corrected chi connectivity index (χ2v) is 17.6. The summed E-state index contributed by atoms with van der Waals surface area (Å²) in [6, 6.07) is 94.4. The average Bonchev–Trinajstić information content (AvgIpc) is 3.81. The second kappa shape index (κ2) is 16.5. The first-order valence-corrected chi connectivity index (χ1v) is 23.3. The summed E-state index contributed by atoms with van der Waals surface area (Å²) >= 11 is 0. The fraction of sp³-hybridized carbons (Fsp3) is 0. The van der Waals surface area contributed by atoms with Crippen molar-refractivity contribution in [2.45, 2.75) is 0 Å². The van der Waals surface area contributed by atoms with Gasteiger partial charge in [0.15, 0.2) is 5.58 Å². The Morgan fingerprint density at radius 2 is 0.779 bits per heavy atom.